The Labute approximate surface area is 249 Å². The molecule has 10 heteroatoms. The van der Waals surface area contributed by atoms with Gasteiger partial charge in [-0.2, -0.15) is 4.98 Å². The highest BCUT2D eigenvalue weighted by Gasteiger charge is 2.31. The number of aromatic nitrogens is 4. The number of pyridine rings is 2. The van der Waals surface area contributed by atoms with Crippen LogP contribution in [-0.2, 0) is 4.79 Å². The van der Waals surface area contributed by atoms with Crippen LogP contribution in [0.15, 0.2) is 60.5 Å². The van der Waals surface area contributed by atoms with Crippen LogP contribution in [-0.4, -0.2) is 56.0 Å². The van der Waals surface area contributed by atoms with E-state index in [1.54, 1.807) is 23.6 Å². The highest BCUT2D eigenvalue weighted by atomic mass is 19.1. The Hall–Kier alpha value is -4.73. The van der Waals surface area contributed by atoms with Crippen LogP contribution < -0.4 is 10.6 Å². The zero-order valence-corrected chi connectivity index (χ0v) is 23.4. The van der Waals surface area contributed by atoms with E-state index < -0.39 is 36.4 Å². The number of piperazine rings is 1. The van der Waals surface area contributed by atoms with Gasteiger partial charge in [0.25, 0.3) is 0 Å². The van der Waals surface area contributed by atoms with Gasteiger partial charge in [0.05, 0.1) is 19.5 Å². The van der Waals surface area contributed by atoms with Gasteiger partial charge in [0.15, 0.2) is 11.5 Å². The second-order valence-electron chi connectivity index (χ2n) is 10.4. The van der Waals surface area contributed by atoms with Crippen molar-refractivity contribution in [1.82, 2.24) is 24.4 Å². The molecule has 0 saturated carbocycles. The van der Waals surface area contributed by atoms with Crippen molar-refractivity contribution >= 4 is 28.8 Å². The zero-order chi connectivity index (χ0) is 34.4. The van der Waals surface area contributed by atoms with Crippen molar-refractivity contribution in [3.63, 3.8) is 0 Å². The topological polar surface area (TPSA) is 84.2 Å². The lowest BCUT2D eigenvalue weighted by Crippen LogP contribution is -2.54. The first-order chi connectivity index (χ1) is 22.1. The highest BCUT2D eigenvalue weighted by Crippen LogP contribution is 2.35. The standard InChI is InChI=1S/C32H32F2N6O2/c1-7-21-10-9-11-23(33)26(21)28-24(34)16-22-30(39-15-14-38(17-20(39)6)25(41)8-2)37-32(42)40(31(22)36-28)29-19(5)12-13-35-27(29)18(3)4/h7-13,16,18,20H,1-2,14-15,17H2,3-6H3/t20-/m0/s1/i1D2,5D3. The minimum Gasteiger partial charge on any atom is -0.350 e. The van der Waals surface area contributed by atoms with E-state index in [9.17, 15) is 9.59 Å². The molecule has 8 nitrogen and oxygen atoms in total. The van der Waals surface area contributed by atoms with Gasteiger partial charge in [-0.25, -0.2) is 23.1 Å². The Kier molecular flexibility index (Phi) is 6.15. The lowest BCUT2D eigenvalue weighted by atomic mass is 10.0. The molecule has 0 N–H and O–H groups in total. The van der Waals surface area contributed by atoms with E-state index in [4.69, 9.17) is 6.85 Å². The number of nitrogens with zero attached hydrogens (tertiary/aromatic N) is 6. The Morgan fingerprint density at radius 2 is 2.02 bits per heavy atom. The number of rotatable bonds is 6. The Morgan fingerprint density at radius 3 is 2.71 bits per heavy atom. The first-order valence-electron chi connectivity index (χ1n) is 15.9. The van der Waals surface area contributed by atoms with E-state index >= 15 is 8.78 Å². The van der Waals surface area contributed by atoms with E-state index in [1.807, 2.05) is 6.92 Å². The molecular weight excluding hydrogens is 538 g/mol. The van der Waals surface area contributed by atoms with Crippen molar-refractivity contribution in [2.24, 2.45) is 0 Å². The Morgan fingerprint density at radius 1 is 1.21 bits per heavy atom. The number of aryl methyl sites for hydroxylation is 1. The average Bonchev–Trinajstić information content (AvgIpc) is 2.99. The third-order valence-corrected chi connectivity index (χ3v) is 7.35. The Bertz CT molecular complexity index is 1990. The molecule has 5 rings (SSSR count). The molecule has 4 heterocycles. The fraction of sp³-hybridized carbons (Fsp3) is 0.281. The SMILES string of the molecule is [2H]C([2H])=Cc1cccc(F)c1-c1nc2c(cc1F)c(N1CCN(C(=O)C=C)C[C@@H]1C)nc(=O)n2-c1c(C([2H])([2H])[2H])ccnc1C(C)C. The van der Waals surface area contributed by atoms with E-state index in [-0.39, 0.29) is 82.4 Å². The minimum absolute atomic E-state index is 0.00276. The first-order valence-corrected chi connectivity index (χ1v) is 13.4. The molecule has 1 aromatic carbocycles. The molecule has 1 atom stereocenters. The molecule has 42 heavy (non-hydrogen) atoms. The number of anilines is 1. The molecule has 1 amide bonds. The summed E-state index contributed by atoms with van der Waals surface area (Å²) in [6, 6.07) is 5.76. The van der Waals surface area contributed by atoms with Gasteiger partial charge in [0.1, 0.15) is 17.3 Å². The van der Waals surface area contributed by atoms with Crippen LogP contribution in [0.1, 0.15) is 50.4 Å². The summed E-state index contributed by atoms with van der Waals surface area (Å²) < 4.78 is 72.6. The number of halogens is 2. The van der Waals surface area contributed by atoms with Crippen LogP contribution in [0, 0.1) is 18.5 Å². The van der Waals surface area contributed by atoms with Crippen molar-refractivity contribution in [3.8, 4) is 16.9 Å². The van der Waals surface area contributed by atoms with Crippen LogP contribution in [0.2, 0.25) is 0 Å². The number of amides is 1. The van der Waals surface area contributed by atoms with Crippen LogP contribution in [0.3, 0.4) is 0 Å². The second-order valence-corrected chi connectivity index (χ2v) is 10.4. The second kappa shape index (κ2) is 11.3. The number of fused-ring (bicyclic) bond motifs is 1. The first kappa shape index (κ1) is 22.9. The van der Waals surface area contributed by atoms with Gasteiger partial charge in [0, 0.05) is 41.5 Å². The molecule has 0 spiro atoms. The van der Waals surface area contributed by atoms with Crippen molar-refractivity contribution in [1.29, 1.82) is 0 Å². The van der Waals surface area contributed by atoms with E-state index in [0.717, 1.165) is 22.8 Å². The molecule has 0 bridgehead atoms. The summed E-state index contributed by atoms with van der Waals surface area (Å²) in [5, 5.41) is 0.0337. The number of hydrogen-bond acceptors (Lipinski definition) is 6. The molecular formula is C32H32F2N6O2. The molecule has 4 aromatic rings. The van der Waals surface area contributed by atoms with Crippen LogP contribution >= 0.6 is 0 Å². The predicted octanol–water partition coefficient (Wildman–Crippen LogP) is 5.42. The average molecular weight is 576 g/mol. The summed E-state index contributed by atoms with van der Waals surface area (Å²) in [5.41, 5.74) is -2.06. The Balaban J connectivity index is 1.91. The number of carbonyl (C=O) groups is 1. The smallest absolute Gasteiger partial charge is 0.350 e. The third-order valence-electron chi connectivity index (χ3n) is 7.35. The molecule has 0 unspecified atom stereocenters. The van der Waals surface area contributed by atoms with Crippen LogP contribution in [0.4, 0.5) is 14.6 Å². The van der Waals surface area contributed by atoms with Crippen LogP contribution in [0.25, 0.3) is 34.1 Å². The van der Waals surface area contributed by atoms with Crippen molar-refractivity contribution < 1.29 is 20.4 Å². The molecule has 3 aromatic heterocycles. The van der Waals surface area contributed by atoms with Crippen molar-refractivity contribution in [2.75, 3.05) is 24.5 Å². The van der Waals surface area contributed by atoms with Gasteiger partial charge in [-0.05, 0) is 55.1 Å². The maximum atomic E-state index is 16.2. The van der Waals surface area contributed by atoms with Gasteiger partial charge in [0.2, 0.25) is 5.91 Å². The fourth-order valence-electron chi connectivity index (χ4n) is 5.34. The molecule has 216 valence electrons. The highest BCUT2D eigenvalue weighted by molar-refractivity contribution is 5.92. The summed E-state index contributed by atoms with van der Waals surface area (Å²) in [7, 11) is 0. The molecule has 0 aliphatic carbocycles. The zero-order valence-electron chi connectivity index (χ0n) is 28.4. The summed E-state index contributed by atoms with van der Waals surface area (Å²) in [6.07, 6.45) is 3.57. The minimum atomic E-state index is -2.71. The summed E-state index contributed by atoms with van der Waals surface area (Å²) in [6.45, 7) is 6.24. The molecule has 1 aliphatic rings. The lowest BCUT2D eigenvalue weighted by molar-refractivity contribution is -0.126. The van der Waals surface area contributed by atoms with Gasteiger partial charge in [-0.1, -0.05) is 45.2 Å². The lowest BCUT2D eigenvalue weighted by Gasteiger charge is -2.40. The van der Waals surface area contributed by atoms with E-state index in [0.29, 0.717) is 0 Å². The predicted molar refractivity (Wildman–Crippen MR) is 161 cm³/mol. The van der Waals surface area contributed by atoms with E-state index in [2.05, 4.69) is 21.5 Å². The normalized spacial score (nSPS) is 17.3. The number of benzene rings is 1. The van der Waals surface area contributed by atoms with Crippen LogP contribution in [0.5, 0.6) is 0 Å². The number of carbonyl (C=O) groups excluding carboxylic acids is 1. The molecule has 1 saturated heterocycles. The molecule has 1 aliphatic heterocycles. The van der Waals surface area contributed by atoms with E-state index in [1.165, 1.54) is 30.5 Å². The number of hydrogen-bond donors (Lipinski definition) is 0. The summed E-state index contributed by atoms with van der Waals surface area (Å²) in [5.74, 6) is -2.47. The quantitative estimate of drug-likeness (QED) is 0.286. The van der Waals surface area contributed by atoms with Gasteiger partial charge < -0.3 is 9.80 Å². The van der Waals surface area contributed by atoms with Gasteiger partial charge >= 0.3 is 5.69 Å². The van der Waals surface area contributed by atoms with Gasteiger partial charge in [-0.3, -0.25) is 9.78 Å². The third kappa shape index (κ3) is 4.87. The molecule has 0 radical (unpaired) electrons. The van der Waals surface area contributed by atoms with Crippen molar-refractivity contribution in [3.05, 3.63) is 94.7 Å². The van der Waals surface area contributed by atoms with Crippen molar-refractivity contribution in [2.45, 2.75) is 39.6 Å². The molecule has 1 fully saturated rings. The fourth-order valence-corrected chi connectivity index (χ4v) is 5.34. The largest absolute Gasteiger partial charge is 0.355 e. The summed E-state index contributed by atoms with van der Waals surface area (Å²) >= 11 is 0. The maximum absolute atomic E-state index is 16.2. The summed E-state index contributed by atoms with van der Waals surface area (Å²) in [4.78, 5) is 43.0. The monoisotopic (exact) mass is 575 g/mol. The maximum Gasteiger partial charge on any atom is 0.355 e. The van der Waals surface area contributed by atoms with Gasteiger partial charge in [-0.15, -0.1) is 0 Å².